The normalized spacial score (nSPS) is 19.7. The summed E-state index contributed by atoms with van der Waals surface area (Å²) in [4.78, 5) is 16.1. The average Bonchev–Trinajstić information content (AvgIpc) is 2.92. The predicted molar refractivity (Wildman–Crippen MR) is 64.6 cm³/mol. The number of nitrogens with one attached hydrogen (secondary N) is 1. The van der Waals surface area contributed by atoms with E-state index in [0.29, 0.717) is 18.8 Å². The van der Waals surface area contributed by atoms with Crippen LogP contribution < -0.4 is 5.32 Å². The molecule has 1 aliphatic heterocycles. The number of carbonyl (C=O) groups excluding carboxylic acids is 1. The Morgan fingerprint density at radius 2 is 2.53 bits per heavy atom. The molecule has 2 rings (SSSR count). The van der Waals surface area contributed by atoms with Crippen LogP contribution >= 0.6 is 0 Å². The van der Waals surface area contributed by atoms with Crippen LogP contribution in [-0.2, 0) is 17.8 Å². The van der Waals surface area contributed by atoms with Crippen LogP contribution in [0.3, 0.4) is 0 Å². The summed E-state index contributed by atoms with van der Waals surface area (Å²) in [6.07, 6.45) is 4.77. The molecular formula is C12H20N4O. The number of aryl methyl sites for hydroxylation is 1. The summed E-state index contributed by atoms with van der Waals surface area (Å²) in [5, 5.41) is 7.41. The van der Waals surface area contributed by atoms with E-state index in [9.17, 15) is 4.79 Å². The zero-order valence-corrected chi connectivity index (χ0v) is 10.4. The van der Waals surface area contributed by atoms with Gasteiger partial charge < -0.3 is 5.32 Å². The molecule has 2 heterocycles. The van der Waals surface area contributed by atoms with Gasteiger partial charge in [-0.1, -0.05) is 6.92 Å². The van der Waals surface area contributed by atoms with Crippen molar-refractivity contribution < 1.29 is 4.79 Å². The van der Waals surface area contributed by atoms with Gasteiger partial charge in [-0.05, 0) is 31.8 Å². The SMILES string of the molecule is CCCn1ncnc1CC(=O)CC1CCNC1. The highest BCUT2D eigenvalue weighted by molar-refractivity contribution is 5.80. The van der Waals surface area contributed by atoms with Gasteiger partial charge in [-0.25, -0.2) is 9.67 Å². The lowest BCUT2D eigenvalue weighted by molar-refractivity contribution is -0.119. The Morgan fingerprint density at radius 1 is 1.65 bits per heavy atom. The third-order valence-electron chi connectivity index (χ3n) is 3.17. The van der Waals surface area contributed by atoms with E-state index in [1.807, 2.05) is 4.68 Å². The molecule has 0 bridgehead atoms. The van der Waals surface area contributed by atoms with Crippen molar-refractivity contribution in [1.82, 2.24) is 20.1 Å². The molecule has 1 aromatic heterocycles. The van der Waals surface area contributed by atoms with Crippen molar-refractivity contribution in [3.63, 3.8) is 0 Å². The molecule has 17 heavy (non-hydrogen) atoms. The van der Waals surface area contributed by atoms with Crippen molar-refractivity contribution in [3.05, 3.63) is 12.2 Å². The molecule has 0 spiro atoms. The average molecular weight is 236 g/mol. The molecule has 1 N–H and O–H groups in total. The van der Waals surface area contributed by atoms with Crippen molar-refractivity contribution in [3.8, 4) is 0 Å². The molecule has 0 amide bonds. The summed E-state index contributed by atoms with van der Waals surface area (Å²) in [5.41, 5.74) is 0. The molecule has 1 aromatic rings. The number of ketones is 1. The Morgan fingerprint density at radius 3 is 3.24 bits per heavy atom. The number of Topliss-reactive ketones (excluding diaryl/α,β-unsaturated/α-hetero) is 1. The minimum Gasteiger partial charge on any atom is -0.316 e. The van der Waals surface area contributed by atoms with E-state index in [0.717, 1.165) is 38.3 Å². The number of rotatable bonds is 6. The van der Waals surface area contributed by atoms with Crippen LogP contribution in [0.15, 0.2) is 6.33 Å². The Labute approximate surface area is 102 Å². The van der Waals surface area contributed by atoms with Gasteiger partial charge in [-0.3, -0.25) is 4.79 Å². The van der Waals surface area contributed by atoms with Crippen molar-refractivity contribution in [2.45, 2.75) is 39.2 Å². The van der Waals surface area contributed by atoms with Gasteiger partial charge >= 0.3 is 0 Å². The second-order valence-corrected chi connectivity index (χ2v) is 4.68. The first-order valence-electron chi connectivity index (χ1n) is 6.38. The Kier molecular flexibility index (Phi) is 4.25. The first-order valence-corrected chi connectivity index (χ1v) is 6.38. The smallest absolute Gasteiger partial charge is 0.140 e. The summed E-state index contributed by atoms with van der Waals surface area (Å²) in [7, 11) is 0. The summed E-state index contributed by atoms with van der Waals surface area (Å²) >= 11 is 0. The van der Waals surface area contributed by atoms with Crippen LogP contribution in [-0.4, -0.2) is 33.6 Å². The number of nitrogens with zero attached hydrogens (tertiary/aromatic N) is 3. The van der Waals surface area contributed by atoms with Crippen LogP contribution in [0.1, 0.15) is 32.0 Å². The van der Waals surface area contributed by atoms with Crippen molar-refractivity contribution >= 4 is 5.78 Å². The van der Waals surface area contributed by atoms with Crippen molar-refractivity contribution in [2.24, 2.45) is 5.92 Å². The van der Waals surface area contributed by atoms with Crippen LogP contribution in [0, 0.1) is 5.92 Å². The van der Waals surface area contributed by atoms with E-state index < -0.39 is 0 Å². The lowest BCUT2D eigenvalue weighted by Crippen LogP contribution is -2.16. The molecule has 1 saturated heterocycles. The van der Waals surface area contributed by atoms with Gasteiger partial charge in [0.05, 0.1) is 6.42 Å². The molecule has 5 heteroatoms. The fourth-order valence-electron chi connectivity index (χ4n) is 2.28. The van der Waals surface area contributed by atoms with Crippen LogP contribution in [0.25, 0.3) is 0 Å². The summed E-state index contributed by atoms with van der Waals surface area (Å²) in [6.45, 7) is 4.96. The third kappa shape index (κ3) is 3.36. The van der Waals surface area contributed by atoms with Crippen molar-refractivity contribution in [1.29, 1.82) is 0 Å². The monoisotopic (exact) mass is 236 g/mol. The predicted octanol–water partition coefficient (Wildman–Crippen LogP) is 0.799. The molecule has 0 radical (unpaired) electrons. The van der Waals surface area contributed by atoms with Gasteiger partial charge in [-0.2, -0.15) is 5.10 Å². The lowest BCUT2D eigenvalue weighted by Gasteiger charge is -2.07. The molecular weight excluding hydrogens is 216 g/mol. The number of hydrogen-bond acceptors (Lipinski definition) is 4. The summed E-state index contributed by atoms with van der Waals surface area (Å²) < 4.78 is 1.84. The molecule has 0 aliphatic carbocycles. The van der Waals surface area contributed by atoms with E-state index >= 15 is 0 Å². The van der Waals surface area contributed by atoms with Gasteiger partial charge in [0.15, 0.2) is 0 Å². The molecule has 0 saturated carbocycles. The molecule has 0 aromatic carbocycles. The second-order valence-electron chi connectivity index (χ2n) is 4.68. The second kappa shape index (κ2) is 5.91. The van der Waals surface area contributed by atoms with Crippen molar-refractivity contribution in [2.75, 3.05) is 13.1 Å². The molecule has 1 unspecified atom stereocenters. The summed E-state index contributed by atoms with van der Waals surface area (Å²) in [6, 6.07) is 0. The van der Waals surface area contributed by atoms with Crippen LogP contribution in [0.2, 0.25) is 0 Å². The standard InChI is InChI=1S/C12H20N4O/c1-2-5-16-12(14-9-15-16)7-11(17)6-10-3-4-13-8-10/h9-10,13H,2-8H2,1H3. The fourth-order valence-corrected chi connectivity index (χ4v) is 2.28. The Bertz CT molecular complexity index is 368. The maximum atomic E-state index is 11.9. The number of carbonyl (C=O) groups is 1. The maximum absolute atomic E-state index is 11.9. The minimum absolute atomic E-state index is 0.282. The highest BCUT2D eigenvalue weighted by Crippen LogP contribution is 2.13. The zero-order valence-electron chi connectivity index (χ0n) is 10.4. The largest absolute Gasteiger partial charge is 0.316 e. The van der Waals surface area contributed by atoms with Gasteiger partial charge in [-0.15, -0.1) is 0 Å². The van der Waals surface area contributed by atoms with E-state index in [4.69, 9.17) is 0 Å². The van der Waals surface area contributed by atoms with Gasteiger partial charge in [0.1, 0.15) is 17.9 Å². The molecule has 94 valence electrons. The van der Waals surface area contributed by atoms with Gasteiger partial charge in [0, 0.05) is 13.0 Å². The van der Waals surface area contributed by atoms with Gasteiger partial charge in [0.2, 0.25) is 0 Å². The molecule has 1 fully saturated rings. The first kappa shape index (κ1) is 12.2. The third-order valence-corrected chi connectivity index (χ3v) is 3.17. The van der Waals surface area contributed by atoms with E-state index in [1.165, 1.54) is 6.33 Å². The maximum Gasteiger partial charge on any atom is 0.140 e. The van der Waals surface area contributed by atoms with Crippen LogP contribution in [0.4, 0.5) is 0 Å². The Balaban J connectivity index is 1.86. The highest BCUT2D eigenvalue weighted by Gasteiger charge is 2.19. The zero-order chi connectivity index (χ0) is 12.1. The lowest BCUT2D eigenvalue weighted by atomic mass is 10.0. The van der Waals surface area contributed by atoms with Gasteiger partial charge in [0.25, 0.3) is 0 Å². The quantitative estimate of drug-likeness (QED) is 0.793. The molecule has 1 aliphatic rings. The highest BCUT2D eigenvalue weighted by atomic mass is 16.1. The van der Waals surface area contributed by atoms with E-state index in [1.54, 1.807) is 0 Å². The molecule has 5 nitrogen and oxygen atoms in total. The number of aromatic nitrogens is 3. The fraction of sp³-hybridized carbons (Fsp3) is 0.750. The topological polar surface area (TPSA) is 59.8 Å². The van der Waals surface area contributed by atoms with E-state index in [2.05, 4.69) is 22.3 Å². The molecule has 1 atom stereocenters. The van der Waals surface area contributed by atoms with Crippen LogP contribution in [0.5, 0.6) is 0 Å². The Hall–Kier alpha value is -1.23. The number of hydrogen-bond donors (Lipinski definition) is 1. The van der Waals surface area contributed by atoms with E-state index in [-0.39, 0.29) is 5.78 Å². The minimum atomic E-state index is 0.282. The summed E-state index contributed by atoms with van der Waals surface area (Å²) in [5.74, 6) is 1.61. The first-order chi connectivity index (χ1) is 8.29.